The molecule has 1 aliphatic heterocycles. The van der Waals surface area contributed by atoms with Crippen molar-refractivity contribution in [2.75, 3.05) is 29.9 Å². The number of amides is 1. The number of fused-ring (bicyclic) bond motifs is 1. The number of aromatic nitrogens is 2. The Balaban J connectivity index is 1.37. The third-order valence-electron chi connectivity index (χ3n) is 5.90. The lowest BCUT2D eigenvalue weighted by Gasteiger charge is -2.26. The lowest BCUT2D eigenvalue weighted by atomic mass is 10.0. The molecule has 0 bridgehead atoms. The van der Waals surface area contributed by atoms with Gasteiger partial charge in [0, 0.05) is 37.3 Å². The number of nitrogens with one attached hydrogen (secondary N) is 1. The van der Waals surface area contributed by atoms with Crippen molar-refractivity contribution in [2.24, 2.45) is 5.92 Å². The summed E-state index contributed by atoms with van der Waals surface area (Å²) >= 11 is 6.61. The molecule has 2 aromatic heterocycles. The van der Waals surface area contributed by atoms with E-state index in [0.29, 0.717) is 23.9 Å². The second kappa shape index (κ2) is 7.93. The Morgan fingerprint density at radius 3 is 2.52 bits per heavy atom. The van der Waals surface area contributed by atoms with E-state index in [9.17, 15) is 13.2 Å². The third kappa shape index (κ3) is 4.33. The summed E-state index contributed by atoms with van der Waals surface area (Å²) in [4.78, 5) is 14.3. The van der Waals surface area contributed by atoms with Crippen LogP contribution < -0.4 is 5.32 Å². The highest BCUT2D eigenvalue weighted by Gasteiger charge is 2.31. The standard InChI is InChI=1S/C22H23ClN4O3S/c23-19-20-18(2-1-9-27(20)25-21(19)24-22(28)17-7-8-17)16-5-3-15(4-6-16)14-26-10-12-31(29,30)13-11-26/h1-6,9,17H,7-8,10-14H2,(H,24,25,28). The summed E-state index contributed by atoms with van der Waals surface area (Å²) in [6, 6.07) is 12.1. The van der Waals surface area contributed by atoms with Crippen molar-refractivity contribution in [3.63, 3.8) is 0 Å². The van der Waals surface area contributed by atoms with E-state index in [1.807, 2.05) is 30.5 Å². The molecule has 1 aliphatic carbocycles. The number of anilines is 1. The van der Waals surface area contributed by atoms with Crippen LogP contribution in [0.15, 0.2) is 42.6 Å². The van der Waals surface area contributed by atoms with Crippen LogP contribution in [0, 0.1) is 5.92 Å². The lowest BCUT2D eigenvalue weighted by Crippen LogP contribution is -2.39. The van der Waals surface area contributed by atoms with E-state index in [1.54, 1.807) is 4.52 Å². The van der Waals surface area contributed by atoms with Gasteiger partial charge < -0.3 is 5.32 Å². The van der Waals surface area contributed by atoms with Crippen LogP contribution in [-0.2, 0) is 21.2 Å². The Labute approximate surface area is 185 Å². The molecule has 31 heavy (non-hydrogen) atoms. The van der Waals surface area contributed by atoms with Gasteiger partial charge in [-0.1, -0.05) is 41.9 Å². The van der Waals surface area contributed by atoms with Gasteiger partial charge in [0.15, 0.2) is 15.7 Å². The van der Waals surface area contributed by atoms with Gasteiger partial charge in [-0.25, -0.2) is 12.9 Å². The normalized spacial score (nSPS) is 18.9. The van der Waals surface area contributed by atoms with E-state index in [0.717, 1.165) is 41.6 Å². The van der Waals surface area contributed by atoms with Crippen molar-refractivity contribution in [3.05, 3.63) is 53.2 Å². The van der Waals surface area contributed by atoms with Crippen LogP contribution >= 0.6 is 11.6 Å². The van der Waals surface area contributed by atoms with E-state index in [1.165, 1.54) is 0 Å². The van der Waals surface area contributed by atoms with Crippen LogP contribution in [-0.4, -0.2) is 53.4 Å². The fraction of sp³-hybridized carbons (Fsp3) is 0.364. The molecule has 1 aromatic carbocycles. The maximum absolute atomic E-state index is 12.1. The van der Waals surface area contributed by atoms with Crippen molar-refractivity contribution in [1.29, 1.82) is 0 Å². The predicted octanol–water partition coefficient (Wildman–Crippen LogP) is 3.23. The van der Waals surface area contributed by atoms with Crippen molar-refractivity contribution in [1.82, 2.24) is 14.5 Å². The van der Waals surface area contributed by atoms with Gasteiger partial charge >= 0.3 is 0 Å². The topological polar surface area (TPSA) is 83.8 Å². The second-order valence-corrected chi connectivity index (χ2v) is 10.9. The van der Waals surface area contributed by atoms with Crippen LogP contribution in [0.25, 0.3) is 16.6 Å². The summed E-state index contributed by atoms with van der Waals surface area (Å²) in [5.41, 5.74) is 3.82. The Morgan fingerprint density at radius 1 is 1.13 bits per heavy atom. The molecule has 1 N–H and O–H groups in total. The molecular weight excluding hydrogens is 436 g/mol. The number of pyridine rings is 1. The highest BCUT2D eigenvalue weighted by atomic mass is 35.5. The van der Waals surface area contributed by atoms with E-state index in [2.05, 4.69) is 27.4 Å². The fourth-order valence-electron chi connectivity index (χ4n) is 3.90. The zero-order valence-corrected chi connectivity index (χ0v) is 18.5. The minimum atomic E-state index is -2.87. The molecule has 1 saturated heterocycles. The van der Waals surface area contributed by atoms with Gasteiger partial charge in [0.05, 0.1) is 17.0 Å². The number of carbonyl (C=O) groups is 1. The molecule has 0 atom stereocenters. The maximum atomic E-state index is 12.1. The quantitative estimate of drug-likeness (QED) is 0.634. The average molecular weight is 459 g/mol. The zero-order valence-electron chi connectivity index (χ0n) is 16.9. The van der Waals surface area contributed by atoms with E-state index >= 15 is 0 Å². The van der Waals surface area contributed by atoms with Gasteiger partial charge in [-0.2, -0.15) is 0 Å². The van der Waals surface area contributed by atoms with Crippen LogP contribution in [0.4, 0.5) is 5.82 Å². The largest absolute Gasteiger partial charge is 0.308 e. The van der Waals surface area contributed by atoms with Crippen molar-refractivity contribution >= 4 is 38.7 Å². The summed E-state index contributed by atoms with van der Waals surface area (Å²) in [6.45, 7) is 1.87. The van der Waals surface area contributed by atoms with Crippen LogP contribution in [0.5, 0.6) is 0 Å². The van der Waals surface area contributed by atoms with Crippen molar-refractivity contribution in [2.45, 2.75) is 19.4 Å². The van der Waals surface area contributed by atoms with Gasteiger partial charge in [0.25, 0.3) is 0 Å². The monoisotopic (exact) mass is 458 g/mol. The maximum Gasteiger partial charge on any atom is 0.228 e. The summed E-state index contributed by atoms with van der Waals surface area (Å²) in [6.07, 6.45) is 3.65. The highest BCUT2D eigenvalue weighted by Crippen LogP contribution is 2.36. The highest BCUT2D eigenvalue weighted by molar-refractivity contribution is 7.91. The first-order valence-electron chi connectivity index (χ1n) is 10.4. The summed E-state index contributed by atoms with van der Waals surface area (Å²) < 4.78 is 24.9. The average Bonchev–Trinajstić information content (AvgIpc) is 3.56. The number of rotatable bonds is 5. The molecule has 3 heterocycles. The van der Waals surface area contributed by atoms with Gasteiger partial charge in [0.2, 0.25) is 5.91 Å². The Kier molecular flexibility index (Phi) is 5.24. The summed E-state index contributed by atoms with van der Waals surface area (Å²) in [7, 11) is -2.87. The smallest absolute Gasteiger partial charge is 0.228 e. The molecule has 1 amide bonds. The van der Waals surface area contributed by atoms with Crippen LogP contribution in [0.2, 0.25) is 5.02 Å². The molecule has 0 radical (unpaired) electrons. The van der Waals surface area contributed by atoms with Gasteiger partial charge in [-0.05, 0) is 30.0 Å². The summed E-state index contributed by atoms with van der Waals surface area (Å²) in [5.74, 6) is 0.899. The second-order valence-electron chi connectivity index (χ2n) is 8.27. The number of halogens is 1. The first kappa shape index (κ1) is 20.5. The minimum absolute atomic E-state index is 0.0262. The molecule has 1 saturated carbocycles. The first-order chi connectivity index (χ1) is 14.9. The molecule has 0 unspecified atom stereocenters. The third-order valence-corrected chi connectivity index (χ3v) is 7.86. The molecule has 3 aromatic rings. The molecule has 2 aliphatic rings. The van der Waals surface area contributed by atoms with Gasteiger partial charge in [0.1, 0.15) is 5.02 Å². The van der Waals surface area contributed by atoms with Gasteiger partial charge in [-0.3, -0.25) is 9.69 Å². The number of hydrogen-bond donors (Lipinski definition) is 1. The van der Waals surface area contributed by atoms with Crippen molar-refractivity contribution in [3.8, 4) is 11.1 Å². The molecule has 5 rings (SSSR count). The van der Waals surface area contributed by atoms with Gasteiger partial charge in [-0.15, -0.1) is 5.10 Å². The molecule has 7 nitrogen and oxygen atoms in total. The van der Waals surface area contributed by atoms with E-state index in [-0.39, 0.29) is 23.3 Å². The molecule has 9 heteroatoms. The number of carbonyl (C=O) groups excluding carboxylic acids is 1. The van der Waals surface area contributed by atoms with Crippen molar-refractivity contribution < 1.29 is 13.2 Å². The molecule has 0 spiro atoms. The SMILES string of the molecule is O=C(Nc1nn2cccc(-c3ccc(CN4CCS(=O)(=O)CC4)cc3)c2c1Cl)C1CC1. The number of nitrogens with zero attached hydrogens (tertiary/aromatic N) is 3. The summed E-state index contributed by atoms with van der Waals surface area (Å²) in [5, 5.41) is 7.74. The van der Waals surface area contributed by atoms with E-state index in [4.69, 9.17) is 11.6 Å². The predicted molar refractivity (Wildman–Crippen MR) is 121 cm³/mol. The minimum Gasteiger partial charge on any atom is -0.308 e. The Morgan fingerprint density at radius 2 is 1.84 bits per heavy atom. The molecule has 2 fully saturated rings. The number of hydrogen-bond acceptors (Lipinski definition) is 5. The fourth-order valence-corrected chi connectivity index (χ4v) is 5.45. The Bertz CT molecular complexity index is 1240. The lowest BCUT2D eigenvalue weighted by molar-refractivity contribution is -0.117. The number of benzene rings is 1. The molecule has 162 valence electrons. The number of sulfone groups is 1. The van der Waals surface area contributed by atoms with E-state index < -0.39 is 9.84 Å². The van der Waals surface area contributed by atoms with Crippen LogP contribution in [0.1, 0.15) is 18.4 Å². The first-order valence-corrected chi connectivity index (χ1v) is 12.6. The Hall–Kier alpha value is -2.42. The molecular formula is C22H23ClN4O3S. The zero-order chi connectivity index (χ0) is 21.6. The van der Waals surface area contributed by atoms with Crippen LogP contribution in [0.3, 0.4) is 0 Å².